The molecule has 6 nitrogen and oxygen atoms in total. The predicted octanol–water partition coefficient (Wildman–Crippen LogP) is 2.87. The lowest BCUT2D eigenvalue weighted by Gasteiger charge is -2.32. The van der Waals surface area contributed by atoms with Gasteiger partial charge in [0, 0.05) is 30.8 Å². The highest BCUT2D eigenvalue weighted by Crippen LogP contribution is 2.28. The molecular weight excluding hydrogens is 314 g/mol. The summed E-state index contributed by atoms with van der Waals surface area (Å²) >= 11 is 0. The summed E-state index contributed by atoms with van der Waals surface area (Å²) in [7, 11) is 0. The summed E-state index contributed by atoms with van der Waals surface area (Å²) in [5, 5.41) is 0. The van der Waals surface area contributed by atoms with Crippen LogP contribution in [0, 0.1) is 6.92 Å². The molecule has 3 N–H and O–H groups in total. The number of hydrogen-bond donors (Lipinski definition) is 2. The van der Waals surface area contributed by atoms with E-state index >= 15 is 0 Å². The molecule has 128 valence electrons. The number of nitrogens with two attached hydrogens (primary N) is 1. The molecule has 0 unspecified atom stereocenters. The fourth-order valence-corrected chi connectivity index (χ4v) is 3.54. The number of para-hydroxylation sites is 1. The maximum atomic E-state index is 12.8. The molecule has 0 spiro atoms. The number of aromatic amines is 1. The quantitative estimate of drug-likeness (QED) is 0.754. The van der Waals surface area contributed by atoms with Gasteiger partial charge in [0.15, 0.2) is 0 Å². The molecular formula is C19H21N5O. The third kappa shape index (κ3) is 2.95. The number of amides is 1. The number of nitrogen functional groups attached to an aromatic ring is 1. The van der Waals surface area contributed by atoms with E-state index < -0.39 is 0 Å². The van der Waals surface area contributed by atoms with E-state index in [-0.39, 0.29) is 11.8 Å². The van der Waals surface area contributed by atoms with Crippen molar-refractivity contribution in [3.8, 4) is 0 Å². The molecule has 1 aromatic carbocycles. The number of hydrogen-bond acceptors (Lipinski definition) is 4. The Morgan fingerprint density at radius 3 is 3.04 bits per heavy atom. The largest absolute Gasteiger partial charge is 0.384 e. The van der Waals surface area contributed by atoms with Crippen LogP contribution in [0.3, 0.4) is 0 Å². The van der Waals surface area contributed by atoms with Crippen LogP contribution >= 0.6 is 0 Å². The summed E-state index contributed by atoms with van der Waals surface area (Å²) in [5.74, 6) is 1.57. The molecule has 6 heteroatoms. The van der Waals surface area contributed by atoms with Gasteiger partial charge in [-0.2, -0.15) is 0 Å². The molecule has 3 heterocycles. The topological polar surface area (TPSA) is 87.9 Å². The van der Waals surface area contributed by atoms with E-state index in [0.717, 1.165) is 41.8 Å². The Kier molecular flexibility index (Phi) is 3.87. The summed E-state index contributed by atoms with van der Waals surface area (Å²) in [6, 6.07) is 9.50. The van der Waals surface area contributed by atoms with Crippen LogP contribution in [0.1, 0.15) is 40.5 Å². The lowest BCUT2D eigenvalue weighted by atomic mass is 9.97. The van der Waals surface area contributed by atoms with Crippen molar-refractivity contribution < 1.29 is 4.79 Å². The number of piperidine rings is 1. The molecule has 1 aliphatic heterocycles. The zero-order valence-corrected chi connectivity index (χ0v) is 14.2. The second-order valence-corrected chi connectivity index (χ2v) is 6.65. The maximum absolute atomic E-state index is 12.8. The van der Waals surface area contributed by atoms with Gasteiger partial charge in [0.2, 0.25) is 0 Å². The number of pyridine rings is 1. The van der Waals surface area contributed by atoms with Crippen molar-refractivity contribution >= 4 is 22.8 Å². The maximum Gasteiger partial charge on any atom is 0.254 e. The third-order valence-corrected chi connectivity index (χ3v) is 4.86. The number of aryl methyl sites for hydroxylation is 1. The van der Waals surface area contributed by atoms with Gasteiger partial charge in [-0.3, -0.25) is 4.79 Å². The van der Waals surface area contributed by atoms with Gasteiger partial charge in [-0.05, 0) is 43.5 Å². The van der Waals surface area contributed by atoms with Gasteiger partial charge >= 0.3 is 0 Å². The standard InChI is InChI=1S/C19H21N5O/c1-12-4-2-6-15-17(12)23-18(22-15)14-5-3-9-24(11-14)19(25)13-7-8-21-16(20)10-13/h2,4,6-8,10,14H,3,5,9,11H2,1H3,(H2,20,21)(H,22,23)/t14-/m0/s1. The Morgan fingerprint density at radius 1 is 1.36 bits per heavy atom. The molecule has 1 aliphatic rings. The van der Waals surface area contributed by atoms with Gasteiger partial charge in [0.1, 0.15) is 11.6 Å². The molecule has 0 aliphatic carbocycles. The molecule has 3 aromatic rings. The molecule has 1 saturated heterocycles. The summed E-state index contributed by atoms with van der Waals surface area (Å²) in [4.78, 5) is 26.8. The van der Waals surface area contributed by atoms with Crippen LogP contribution in [0.15, 0.2) is 36.5 Å². The number of benzene rings is 1. The van der Waals surface area contributed by atoms with Gasteiger partial charge in [-0.25, -0.2) is 9.97 Å². The number of carbonyl (C=O) groups excluding carboxylic acids is 1. The van der Waals surface area contributed by atoms with Crippen molar-refractivity contribution in [3.63, 3.8) is 0 Å². The predicted molar refractivity (Wildman–Crippen MR) is 97.4 cm³/mol. The van der Waals surface area contributed by atoms with Crippen LogP contribution < -0.4 is 5.73 Å². The van der Waals surface area contributed by atoms with Gasteiger partial charge in [-0.1, -0.05) is 12.1 Å². The van der Waals surface area contributed by atoms with Crippen molar-refractivity contribution in [1.29, 1.82) is 0 Å². The zero-order valence-electron chi connectivity index (χ0n) is 14.2. The molecule has 1 atom stereocenters. The normalized spacial score (nSPS) is 17.8. The van der Waals surface area contributed by atoms with Crippen LogP contribution in [-0.2, 0) is 0 Å². The summed E-state index contributed by atoms with van der Waals surface area (Å²) in [6.07, 6.45) is 3.57. The first-order chi connectivity index (χ1) is 12.1. The highest BCUT2D eigenvalue weighted by Gasteiger charge is 2.27. The summed E-state index contributed by atoms with van der Waals surface area (Å²) < 4.78 is 0. The van der Waals surface area contributed by atoms with E-state index in [1.165, 1.54) is 0 Å². The van der Waals surface area contributed by atoms with Crippen LogP contribution in [-0.4, -0.2) is 38.8 Å². The van der Waals surface area contributed by atoms with E-state index in [2.05, 4.69) is 23.0 Å². The number of rotatable bonds is 2. The minimum atomic E-state index is 0.00564. The van der Waals surface area contributed by atoms with Crippen molar-refractivity contribution in [2.24, 2.45) is 0 Å². The SMILES string of the molecule is Cc1cccc2[nH]c([C@H]3CCCN(C(=O)c4ccnc(N)c4)C3)nc12. The molecule has 4 rings (SSSR count). The van der Waals surface area contributed by atoms with Crippen molar-refractivity contribution in [2.45, 2.75) is 25.7 Å². The van der Waals surface area contributed by atoms with E-state index in [9.17, 15) is 4.79 Å². The fourth-order valence-electron chi connectivity index (χ4n) is 3.54. The van der Waals surface area contributed by atoms with Gasteiger partial charge in [0.25, 0.3) is 5.91 Å². The molecule has 0 saturated carbocycles. The summed E-state index contributed by atoms with van der Waals surface area (Å²) in [5.41, 5.74) is 9.53. The first-order valence-electron chi connectivity index (χ1n) is 8.58. The third-order valence-electron chi connectivity index (χ3n) is 4.86. The Morgan fingerprint density at radius 2 is 2.24 bits per heavy atom. The Bertz CT molecular complexity index is 932. The number of carbonyl (C=O) groups is 1. The zero-order chi connectivity index (χ0) is 17.4. The average Bonchev–Trinajstić information content (AvgIpc) is 3.07. The van der Waals surface area contributed by atoms with Crippen molar-refractivity contribution in [1.82, 2.24) is 19.9 Å². The number of likely N-dealkylation sites (tertiary alicyclic amines) is 1. The van der Waals surface area contributed by atoms with Crippen LogP contribution in [0.25, 0.3) is 11.0 Å². The highest BCUT2D eigenvalue weighted by molar-refractivity contribution is 5.94. The van der Waals surface area contributed by atoms with E-state index in [4.69, 9.17) is 10.7 Å². The van der Waals surface area contributed by atoms with Crippen LogP contribution in [0.2, 0.25) is 0 Å². The Labute approximate surface area is 146 Å². The fraction of sp³-hybridized carbons (Fsp3) is 0.316. The van der Waals surface area contributed by atoms with Crippen molar-refractivity contribution in [3.05, 3.63) is 53.5 Å². The minimum Gasteiger partial charge on any atom is -0.384 e. The lowest BCUT2D eigenvalue weighted by molar-refractivity contribution is 0.0705. The van der Waals surface area contributed by atoms with Crippen LogP contribution in [0.5, 0.6) is 0 Å². The van der Waals surface area contributed by atoms with Gasteiger partial charge in [0.05, 0.1) is 11.0 Å². The van der Waals surface area contributed by atoms with Gasteiger partial charge in [-0.15, -0.1) is 0 Å². The smallest absolute Gasteiger partial charge is 0.254 e. The summed E-state index contributed by atoms with van der Waals surface area (Å²) in [6.45, 7) is 3.49. The molecule has 1 amide bonds. The number of nitrogens with zero attached hydrogens (tertiary/aromatic N) is 3. The van der Waals surface area contributed by atoms with Crippen molar-refractivity contribution in [2.75, 3.05) is 18.8 Å². The number of H-pyrrole nitrogens is 1. The van der Waals surface area contributed by atoms with E-state index in [1.807, 2.05) is 17.0 Å². The van der Waals surface area contributed by atoms with Crippen LogP contribution in [0.4, 0.5) is 5.82 Å². The van der Waals surface area contributed by atoms with E-state index in [0.29, 0.717) is 17.9 Å². The second kappa shape index (κ2) is 6.20. The molecule has 2 aromatic heterocycles. The molecule has 0 bridgehead atoms. The molecule has 1 fully saturated rings. The highest BCUT2D eigenvalue weighted by atomic mass is 16.2. The van der Waals surface area contributed by atoms with E-state index in [1.54, 1.807) is 18.3 Å². The second-order valence-electron chi connectivity index (χ2n) is 6.65. The lowest BCUT2D eigenvalue weighted by Crippen LogP contribution is -2.39. The Balaban J connectivity index is 1.58. The monoisotopic (exact) mass is 335 g/mol. The number of imidazole rings is 1. The Hall–Kier alpha value is -2.89. The first-order valence-corrected chi connectivity index (χ1v) is 8.58. The number of anilines is 1. The minimum absolute atomic E-state index is 0.00564. The molecule has 25 heavy (non-hydrogen) atoms. The first kappa shape index (κ1) is 15.6. The van der Waals surface area contributed by atoms with Gasteiger partial charge < -0.3 is 15.6 Å². The number of fused-ring (bicyclic) bond motifs is 1. The number of aromatic nitrogens is 3. The average molecular weight is 335 g/mol. The number of nitrogens with one attached hydrogen (secondary N) is 1. The molecule has 0 radical (unpaired) electrons.